The lowest BCUT2D eigenvalue weighted by Gasteiger charge is -2.10. The summed E-state index contributed by atoms with van der Waals surface area (Å²) in [6.07, 6.45) is 2.06. The van der Waals surface area contributed by atoms with E-state index >= 15 is 0 Å². The molecule has 3 aliphatic rings. The van der Waals surface area contributed by atoms with E-state index in [0.29, 0.717) is 18.8 Å². The number of aromatic nitrogens is 2. The molecular formula is C18H17F2N3O3S. The van der Waals surface area contributed by atoms with Crippen LogP contribution in [0.3, 0.4) is 0 Å². The Bertz CT molecular complexity index is 1080. The summed E-state index contributed by atoms with van der Waals surface area (Å²) in [4.78, 5) is 12.7. The Morgan fingerprint density at radius 2 is 2.11 bits per heavy atom. The van der Waals surface area contributed by atoms with Gasteiger partial charge in [-0.25, -0.2) is 21.9 Å². The summed E-state index contributed by atoms with van der Waals surface area (Å²) in [6, 6.07) is 2.85. The molecule has 1 amide bonds. The summed E-state index contributed by atoms with van der Waals surface area (Å²) in [6.45, 7) is 0. The minimum atomic E-state index is -3.11. The number of nitrogens with one attached hydrogen (secondary N) is 1. The largest absolute Gasteiger partial charge is 0.347 e. The molecule has 1 unspecified atom stereocenters. The van der Waals surface area contributed by atoms with Gasteiger partial charge in [-0.3, -0.25) is 4.79 Å². The van der Waals surface area contributed by atoms with E-state index in [1.807, 2.05) is 0 Å². The van der Waals surface area contributed by atoms with Gasteiger partial charge in [0.25, 0.3) is 5.91 Å². The fourth-order valence-electron chi connectivity index (χ4n) is 4.30. The second kappa shape index (κ2) is 5.60. The van der Waals surface area contributed by atoms with Crippen molar-refractivity contribution in [2.24, 2.45) is 5.92 Å². The molecule has 5 rings (SSSR count). The topological polar surface area (TPSA) is 81.1 Å². The highest BCUT2D eigenvalue weighted by molar-refractivity contribution is 7.91. The lowest BCUT2D eigenvalue weighted by molar-refractivity contribution is 0.0934. The predicted molar refractivity (Wildman–Crippen MR) is 92.6 cm³/mol. The quantitative estimate of drug-likeness (QED) is 0.861. The van der Waals surface area contributed by atoms with Crippen LogP contribution in [-0.2, 0) is 16.3 Å². The fraction of sp³-hybridized carbons (Fsp3) is 0.444. The molecule has 142 valence electrons. The maximum Gasteiger partial charge on any atom is 0.272 e. The third kappa shape index (κ3) is 2.75. The van der Waals surface area contributed by atoms with E-state index in [1.54, 1.807) is 0 Å². The minimum Gasteiger partial charge on any atom is -0.347 e. The Kier molecular flexibility index (Phi) is 3.50. The number of amides is 1. The molecule has 1 aromatic heterocycles. The Labute approximate surface area is 154 Å². The predicted octanol–water partition coefficient (Wildman–Crippen LogP) is 1.73. The molecule has 0 radical (unpaired) electrons. The van der Waals surface area contributed by atoms with Crippen molar-refractivity contribution >= 4 is 15.7 Å². The van der Waals surface area contributed by atoms with Crippen molar-refractivity contribution in [3.05, 3.63) is 46.8 Å². The van der Waals surface area contributed by atoms with E-state index < -0.39 is 33.4 Å². The molecule has 2 aromatic rings. The highest BCUT2D eigenvalue weighted by atomic mass is 32.2. The number of benzene rings is 1. The zero-order valence-electron chi connectivity index (χ0n) is 14.3. The van der Waals surface area contributed by atoms with Gasteiger partial charge in [0, 0.05) is 23.6 Å². The molecule has 9 heteroatoms. The molecule has 1 N–H and O–H groups in total. The van der Waals surface area contributed by atoms with Crippen LogP contribution < -0.4 is 5.32 Å². The van der Waals surface area contributed by atoms with Gasteiger partial charge in [-0.1, -0.05) is 0 Å². The molecule has 2 fully saturated rings. The highest BCUT2D eigenvalue weighted by Crippen LogP contribution is 2.57. The van der Waals surface area contributed by atoms with Crippen molar-refractivity contribution in [2.75, 3.05) is 11.5 Å². The second-order valence-electron chi connectivity index (χ2n) is 7.60. The third-order valence-electron chi connectivity index (χ3n) is 5.68. The van der Waals surface area contributed by atoms with E-state index in [9.17, 15) is 22.0 Å². The van der Waals surface area contributed by atoms with Crippen molar-refractivity contribution in [1.82, 2.24) is 15.1 Å². The van der Waals surface area contributed by atoms with Gasteiger partial charge in [0.05, 0.1) is 17.2 Å². The van der Waals surface area contributed by atoms with Crippen LogP contribution in [0.2, 0.25) is 0 Å². The van der Waals surface area contributed by atoms with Gasteiger partial charge in [-0.05, 0) is 37.3 Å². The number of carbonyl (C=O) groups is 1. The molecule has 27 heavy (non-hydrogen) atoms. The Balaban J connectivity index is 1.51. The Hall–Kier alpha value is -2.29. The zero-order chi connectivity index (χ0) is 18.9. The Morgan fingerprint density at radius 1 is 1.30 bits per heavy atom. The van der Waals surface area contributed by atoms with Crippen LogP contribution in [0.1, 0.15) is 40.5 Å². The number of rotatable bonds is 3. The molecule has 0 bridgehead atoms. The summed E-state index contributed by atoms with van der Waals surface area (Å²) in [5, 5.41) is 7.09. The van der Waals surface area contributed by atoms with E-state index in [1.165, 1.54) is 10.7 Å². The van der Waals surface area contributed by atoms with Gasteiger partial charge in [-0.2, -0.15) is 5.10 Å². The van der Waals surface area contributed by atoms with Crippen molar-refractivity contribution in [3.63, 3.8) is 0 Å². The van der Waals surface area contributed by atoms with Crippen LogP contribution in [0.4, 0.5) is 8.78 Å². The number of nitrogens with zero attached hydrogens (tertiary/aromatic N) is 2. The summed E-state index contributed by atoms with van der Waals surface area (Å²) < 4.78 is 52.2. The number of sulfone groups is 1. The molecule has 3 atom stereocenters. The van der Waals surface area contributed by atoms with Crippen LogP contribution in [0.5, 0.6) is 0 Å². The van der Waals surface area contributed by atoms with Crippen molar-refractivity contribution in [1.29, 1.82) is 0 Å². The van der Waals surface area contributed by atoms with E-state index in [4.69, 9.17) is 0 Å². The summed E-state index contributed by atoms with van der Waals surface area (Å²) >= 11 is 0. The molecule has 1 saturated heterocycles. The smallest absolute Gasteiger partial charge is 0.272 e. The van der Waals surface area contributed by atoms with Crippen LogP contribution in [0.15, 0.2) is 18.2 Å². The number of halogens is 2. The van der Waals surface area contributed by atoms with Gasteiger partial charge in [0.2, 0.25) is 0 Å². The number of carbonyl (C=O) groups excluding carboxylic acids is 1. The first kappa shape index (κ1) is 16.9. The van der Waals surface area contributed by atoms with Crippen LogP contribution >= 0.6 is 0 Å². The van der Waals surface area contributed by atoms with Gasteiger partial charge in [0.15, 0.2) is 21.3 Å². The lowest BCUT2D eigenvalue weighted by Crippen LogP contribution is -2.36. The van der Waals surface area contributed by atoms with Gasteiger partial charge in [-0.15, -0.1) is 0 Å². The molecule has 0 spiro atoms. The van der Waals surface area contributed by atoms with E-state index in [0.717, 1.165) is 29.8 Å². The van der Waals surface area contributed by atoms with E-state index in [-0.39, 0.29) is 28.8 Å². The average molecular weight is 393 g/mol. The van der Waals surface area contributed by atoms with Crippen molar-refractivity contribution in [3.8, 4) is 5.69 Å². The number of hydrogen-bond donors (Lipinski definition) is 1. The first-order valence-corrected chi connectivity index (χ1v) is 10.7. The molecule has 2 aliphatic carbocycles. The lowest BCUT2D eigenvalue weighted by atomic mass is 10.1. The third-order valence-corrected chi connectivity index (χ3v) is 7.45. The second-order valence-corrected chi connectivity index (χ2v) is 9.83. The van der Waals surface area contributed by atoms with Crippen LogP contribution in [0.25, 0.3) is 5.69 Å². The first-order valence-electron chi connectivity index (χ1n) is 8.91. The summed E-state index contributed by atoms with van der Waals surface area (Å²) in [5.74, 6) is -1.18. The molecule has 1 saturated carbocycles. The first-order chi connectivity index (χ1) is 12.8. The SMILES string of the molecule is O=C(NC1CCS(=O)(=O)C1)c1nn(-c2ccc(F)cc2F)c2c1C[C@H]1C[C@@H]21. The summed E-state index contributed by atoms with van der Waals surface area (Å²) in [7, 11) is -3.11. The van der Waals surface area contributed by atoms with Crippen molar-refractivity contribution < 1.29 is 22.0 Å². The van der Waals surface area contributed by atoms with Crippen LogP contribution in [-0.4, -0.2) is 41.7 Å². The van der Waals surface area contributed by atoms with Gasteiger partial charge in [0.1, 0.15) is 11.5 Å². The highest BCUT2D eigenvalue weighted by Gasteiger charge is 2.50. The molecule has 1 aliphatic heterocycles. The maximum absolute atomic E-state index is 14.3. The monoisotopic (exact) mass is 393 g/mol. The number of hydrogen-bond acceptors (Lipinski definition) is 4. The Morgan fingerprint density at radius 3 is 2.81 bits per heavy atom. The normalized spacial score (nSPS) is 27.3. The molecular weight excluding hydrogens is 376 g/mol. The van der Waals surface area contributed by atoms with Gasteiger partial charge >= 0.3 is 0 Å². The molecule has 2 heterocycles. The summed E-state index contributed by atoms with van der Waals surface area (Å²) in [5.41, 5.74) is 1.93. The average Bonchev–Trinajstić information content (AvgIpc) is 2.93. The zero-order valence-corrected chi connectivity index (χ0v) is 15.1. The molecule has 1 aromatic carbocycles. The molecule has 6 nitrogen and oxygen atoms in total. The fourth-order valence-corrected chi connectivity index (χ4v) is 5.97. The van der Waals surface area contributed by atoms with E-state index in [2.05, 4.69) is 10.4 Å². The van der Waals surface area contributed by atoms with Gasteiger partial charge < -0.3 is 5.32 Å². The number of fused-ring (bicyclic) bond motifs is 3. The maximum atomic E-state index is 14.3. The minimum absolute atomic E-state index is 0.0649. The van der Waals surface area contributed by atoms with Crippen molar-refractivity contribution in [2.45, 2.75) is 31.2 Å². The standard InChI is InChI=1S/C18H17F2N3O3S/c19-10-1-2-15(14(20)7-10)23-17-12-5-9(12)6-13(17)16(22-23)18(24)21-11-3-4-27(25,26)8-11/h1-2,7,9,11-12H,3-6,8H2,(H,21,24)/t9-,11?,12-/m1/s1. The van der Waals surface area contributed by atoms with Crippen LogP contribution in [0, 0.1) is 17.6 Å².